The molecule has 0 radical (unpaired) electrons. The van der Waals surface area contributed by atoms with Crippen LogP contribution in [0.25, 0.3) is 0 Å². The summed E-state index contributed by atoms with van der Waals surface area (Å²) in [5.41, 5.74) is 1.26. The first-order valence-electron chi connectivity index (χ1n) is 9.46. The third kappa shape index (κ3) is 4.58. The summed E-state index contributed by atoms with van der Waals surface area (Å²) < 4.78 is 32.1. The Kier molecular flexibility index (Phi) is 6.51. The summed E-state index contributed by atoms with van der Waals surface area (Å²) in [6, 6.07) is 18.6. The summed E-state index contributed by atoms with van der Waals surface area (Å²) in [5, 5.41) is 2.96. The van der Waals surface area contributed by atoms with Crippen molar-refractivity contribution in [3.05, 3.63) is 89.9 Å². The summed E-state index contributed by atoms with van der Waals surface area (Å²) in [6.07, 6.45) is 1.56. The van der Waals surface area contributed by atoms with Crippen LogP contribution in [0.4, 0.5) is 0 Å². The highest BCUT2D eigenvalue weighted by atomic mass is 32.2. The Balaban J connectivity index is 1.83. The van der Waals surface area contributed by atoms with Crippen LogP contribution in [0.3, 0.4) is 0 Å². The molecule has 29 heavy (non-hydrogen) atoms. The monoisotopic (exact) mass is 412 g/mol. The van der Waals surface area contributed by atoms with Crippen LogP contribution in [0.2, 0.25) is 0 Å². The minimum absolute atomic E-state index is 0.170. The molecular weight excluding hydrogens is 388 g/mol. The van der Waals surface area contributed by atoms with Gasteiger partial charge in [-0.25, -0.2) is 8.42 Å². The maximum absolute atomic E-state index is 12.8. The molecule has 1 heterocycles. The molecule has 0 aliphatic rings. The van der Waals surface area contributed by atoms with Crippen molar-refractivity contribution in [3.8, 4) is 0 Å². The molecule has 3 aromatic rings. The maximum atomic E-state index is 12.8. The SMILES string of the molecule is CCN(CC)S(=O)(=O)c1ccc(C(=O)NC(c2ccccc2)c2ccco2)cc1. The van der Waals surface area contributed by atoms with Gasteiger partial charge in [-0.3, -0.25) is 4.79 Å². The van der Waals surface area contributed by atoms with Crippen molar-refractivity contribution >= 4 is 15.9 Å². The molecule has 1 amide bonds. The normalized spacial score (nSPS) is 12.7. The maximum Gasteiger partial charge on any atom is 0.252 e. The van der Waals surface area contributed by atoms with E-state index in [0.717, 1.165) is 5.56 Å². The molecule has 0 saturated heterocycles. The molecule has 0 bridgehead atoms. The van der Waals surface area contributed by atoms with Gasteiger partial charge in [0.25, 0.3) is 5.91 Å². The molecule has 1 unspecified atom stereocenters. The quantitative estimate of drug-likeness (QED) is 0.610. The summed E-state index contributed by atoms with van der Waals surface area (Å²) in [7, 11) is -3.56. The van der Waals surface area contributed by atoms with Gasteiger partial charge in [0, 0.05) is 18.7 Å². The Morgan fingerprint density at radius 1 is 0.966 bits per heavy atom. The predicted molar refractivity (Wildman–Crippen MR) is 111 cm³/mol. The van der Waals surface area contributed by atoms with E-state index in [0.29, 0.717) is 24.4 Å². The standard InChI is InChI=1S/C22H24N2O4S/c1-3-24(4-2)29(26,27)19-14-12-18(13-15-19)22(25)23-21(20-11-8-16-28-20)17-9-6-5-7-10-17/h5-16,21H,3-4H2,1-2H3,(H,23,25). The van der Waals surface area contributed by atoms with Gasteiger partial charge in [-0.15, -0.1) is 0 Å². The minimum atomic E-state index is -3.56. The molecule has 1 N–H and O–H groups in total. The van der Waals surface area contributed by atoms with Gasteiger partial charge >= 0.3 is 0 Å². The molecule has 0 fully saturated rings. The second kappa shape index (κ2) is 9.07. The number of hydrogen-bond acceptors (Lipinski definition) is 4. The predicted octanol–water partition coefficient (Wildman–Crippen LogP) is 3.83. The van der Waals surface area contributed by atoms with Crippen LogP contribution in [0.1, 0.15) is 41.6 Å². The van der Waals surface area contributed by atoms with E-state index in [1.54, 1.807) is 32.2 Å². The number of nitrogens with one attached hydrogen (secondary N) is 1. The summed E-state index contributed by atoms with van der Waals surface area (Å²) in [5.74, 6) is 0.298. The summed E-state index contributed by atoms with van der Waals surface area (Å²) in [4.78, 5) is 13.0. The zero-order valence-corrected chi connectivity index (χ0v) is 17.2. The number of amides is 1. The van der Waals surface area contributed by atoms with E-state index in [1.807, 2.05) is 30.3 Å². The fraction of sp³-hybridized carbons (Fsp3) is 0.227. The molecule has 152 valence electrons. The first-order valence-corrected chi connectivity index (χ1v) is 10.9. The van der Waals surface area contributed by atoms with Gasteiger partial charge in [0.2, 0.25) is 10.0 Å². The van der Waals surface area contributed by atoms with Gasteiger partial charge in [-0.05, 0) is 42.0 Å². The molecule has 0 aliphatic carbocycles. The minimum Gasteiger partial charge on any atom is -0.467 e. The highest BCUT2D eigenvalue weighted by Crippen LogP contribution is 2.23. The van der Waals surface area contributed by atoms with E-state index in [9.17, 15) is 13.2 Å². The van der Waals surface area contributed by atoms with Gasteiger partial charge in [0.05, 0.1) is 11.2 Å². The third-order valence-corrected chi connectivity index (χ3v) is 6.76. The van der Waals surface area contributed by atoms with Crippen molar-refractivity contribution in [1.82, 2.24) is 9.62 Å². The fourth-order valence-electron chi connectivity index (χ4n) is 3.13. The van der Waals surface area contributed by atoms with Crippen molar-refractivity contribution in [2.45, 2.75) is 24.8 Å². The van der Waals surface area contributed by atoms with E-state index in [-0.39, 0.29) is 10.8 Å². The molecular formula is C22H24N2O4S. The van der Waals surface area contributed by atoms with E-state index in [1.165, 1.54) is 28.6 Å². The van der Waals surface area contributed by atoms with E-state index in [2.05, 4.69) is 5.32 Å². The number of benzene rings is 2. The molecule has 0 saturated carbocycles. The van der Waals surface area contributed by atoms with Crippen LogP contribution >= 0.6 is 0 Å². The van der Waals surface area contributed by atoms with Crippen LogP contribution in [0.15, 0.2) is 82.3 Å². The van der Waals surface area contributed by atoms with Gasteiger partial charge in [-0.2, -0.15) is 4.31 Å². The largest absolute Gasteiger partial charge is 0.467 e. The number of rotatable bonds is 8. The van der Waals surface area contributed by atoms with Gasteiger partial charge in [0.15, 0.2) is 0 Å². The van der Waals surface area contributed by atoms with Crippen molar-refractivity contribution in [3.63, 3.8) is 0 Å². The van der Waals surface area contributed by atoms with Crippen LogP contribution in [0, 0.1) is 0 Å². The summed E-state index contributed by atoms with van der Waals surface area (Å²) in [6.45, 7) is 4.37. The van der Waals surface area contributed by atoms with Crippen molar-refractivity contribution < 1.29 is 17.6 Å². The lowest BCUT2D eigenvalue weighted by Gasteiger charge is -2.19. The van der Waals surface area contributed by atoms with Crippen molar-refractivity contribution in [2.24, 2.45) is 0 Å². The third-order valence-electron chi connectivity index (χ3n) is 4.70. The molecule has 7 heteroatoms. The number of sulfonamides is 1. The second-order valence-corrected chi connectivity index (χ2v) is 8.38. The van der Waals surface area contributed by atoms with Crippen LogP contribution in [0.5, 0.6) is 0 Å². The molecule has 0 spiro atoms. The number of nitrogens with zero attached hydrogens (tertiary/aromatic N) is 1. The number of furan rings is 1. The topological polar surface area (TPSA) is 79.6 Å². The van der Waals surface area contributed by atoms with Gasteiger partial charge < -0.3 is 9.73 Å². The van der Waals surface area contributed by atoms with E-state index in [4.69, 9.17) is 4.42 Å². The molecule has 2 aromatic carbocycles. The zero-order valence-electron chi connectivity index (χ0n) is 16.4. The average Bonchev–Trinajstić information content (AvgIpc) is 3.28. The first-order chi connectivity index (χ1) is 14.0. The van der Waals surface area contributed by atoms with Crippen LogP contribution in [-0.4, -0.2) is 31.7 Å². The highest BCUT2D eigenvalue weighted by molar-refractivity contribution is 7.89. The average molecular weight is 413 g/mol. The molecule has 0 aliphatic heterocycles. The van der Waals surface area contributed by atoms with Crippen LogP contribution < -0.4 is 5.32 Å². The van der Waals surface area contributed by atoms with Gasteiger partial charge in [0.1, 0.15) is 11.8 Å². The molecule has 1 atom stereocenters. The van der Waals surface area contributed by atoms with Crippen molar-refractivity contribution in [1.29, 1.82) is 0 Å². The molecule has 6 nitrogen and oxygen atoms in total. The van der Waals surface area contributed by atoms with Crippen molar-refractivity contribution in [2.75, 3.05) is 13.1 Å². The second-order valence-electron chi connectivity index (χ2n) is 6.45. The van der Waals surface area contributed by atoms with E-state index >= 15 is 0 Å². The Hall–Kier alpha value is -2.90. The number of hydrogen-bond donors (Lipinski definition) is 1. The lowest BCUT2D eigenvalue weighted by Crippen LogP contribution is -2.31. The lowest BCUT2D eigenvalue weighted by molar-refractivity contribution is 0.0939. The van der Waals surface area contributed by atoms with E-state index < -0.39 is 16.1 Å². The fourth-order valence-corrected chi connectivity index (χ4v) is 4.58. The Morgan fingerprint density at radius 3 is 2.17 bits per heavy atom. The smallest absolute Gasteiger partial charge is 0.252 e. The number of carbonyl (C=O) groups is 1. The molecule has 3 rings (SSSR count). The Bertz CT molecular complexity index is 1030. The first kappa shape index (κ1) is 20.8. The molecule has 1 aromatic heterocycles. The van der Waals surface area contributed by atoms with Crippen LogP contribution in [-0.2, 0) is 10.0 Å². The van der Waals surface area contributed by atoms with Gasteiger partial charge in [-0.1, -0.05) is 44.2 Å². The lowest BCUT2D eigenvalue weighted by atomic mass is 10.0. The zero-order chi connectivity index (χ0) is 20.9. The Morgan fingerprint density at radius 2 is 1.62 bits per heavy atom. The highest BCUT2D eigenvalue weighted by Gasteiger charge is 2.23. The summed E-state index contributed by atoms with van der Waals surface area (Å²) >= 11 is 0. The number of carbonyl (C=O) groups excluding carboxylic acids is 1. The Labute approximate surface area is 171 Å².